The van der Waals surface area contributed by atoms with Crippen molar-refractivity contribution in [3.63, 3.8) is 0 Å². The summed E-state index contributed by atoms with van der Waals surface area (Å²) in [6, 6.07) is 10.0. The number of carbonyl (C=O) groups is 1. The van der Waals surface area contributed by atoms with E-state index in [4.69, 9.17) is 0 Å². The summed E-state index contributed by atoms with van der Waals surface area (Å²) >= 11 is 0. The molecule has 1 aliphatic carbocycles. The zero-order valence-electron chi connectivity index (χ0n) is 10.1. The molecule has 1 saturated heterocycles. The van der Waals surface area contributed by atoms with Crippen LogP contribution in [0.4, 0.5) is 0 Å². The van der Waals surface area contributed by atoms with E-state index >= 15 is 0 Å². The summed E-state index contributed by atoms with van der Waals surface area (Å²) in [5, 5.41) is 0. The van der Waals surface area contributed by atoms with Crippen LogP contribution in [0.3, 0.4) is 0 Å². The highest BCUT2D eigenvalue weighted by Gasteiger charge is 2.47. The second-order valence-electron chi connectivity index (χ2n) is 5.36. The van der Waals surface area contributed by atoms with E-state index in [1.807, 2.05) is 30.3 Å². The van der Waals surface area contributed by atoms with Crippen molar-refractivity contribution in [2.45, 2.75) is 18.8 Å². The zero-order chi connectivity index (χ0) is 12.8. The minimum atomic E-state index is -2.95. The Hall–Kier alpha value is -1.16. The topological polar surface area (TPSA) is 51.2 Å². The molecule has 3 rings (SSSR count). The SMILES string of the molecule is O=C(C1CCS(=O)(=O)C1)C1CC1c1ccccc1. The highest BCUT2D eigenvalue weighted by molar-refractivity contribution is 7.91. The normalized spacial score (nSPS) is 33.2. The molecule has 1 saturated carbocycles. The van der Waals surface area contributed by atoms with Crippen LogP contribution in [0.1, 0.15) is 24.3 Å². The molecule has 3 unspecified atom stereocenters. The first-order valence-electron chi connectivity index (χ1n) is 6.36. The number of benzene rings is 1. The minimum absolute atomic E-state index is 0.0608. The second-order valence-corrected chi connectivity index (χ2v) is 7.59. The van der Waals surface area contributed by atoms with Gasteiger partial charge in [-0.25, -0.2) is 8.42 Å². The molecule has 2 fully saturated rings. The molecular weight excluding hydrogens is 248 g/mol. The minimum Gasteiger partial charge on any atom is -0.299 e. The second kappa shape index (κ2) is 4.19. The molecule has 1 aromatic rings. The molecule has 0 spiro atoms. The Balaban J connectivity index is 1.67. The monoisotopic (exact) mass is 264 g/mol. The maximum atomic E-state index is 12.2. The van der Waals surface area contributed by atoms with Crippen LogP contribution in [0.5, 0.6) is 0 Å². The summed E-state index contributed by atoms with van der Waals surface area (Å²) in [5.74, 6) is 0.571. The first-order valence-corrected chi connectivity index (χ1v) is 8.18. The Morgan fingerprint density at radius 3 is 2.50 bits per heavy atom. The van der Waals surface area contributed by atoms with Gasteiger partial charge in [-0.3, -0.25) is 4.79 Å². The highest BCUT2D eigenvalue weighted by atomic mass is 32.2. The van der Waals surface area contributed by atoms with Crippen molar-refractivity contribution in [2.24, 2.45) is 11.8 Å². The molecule has 3 nitrogen and oxygen atoms in total. The van der Waals surface area contributed by atoms with Gasteiger partial charge in [-0.2, -0.15) is 0 Å². The fourth-order valence-electron chi connectivity index (χ4n) is 2.90. The Morgan fingerprint density at radius 1 is 1.17 bits per heavy atom. The Kier molecular flexibility index (Phi) is 2.77. The summed E-state index contributed by atoms with van der Waals surface area (Å²) in [7, 11) is -2.95. The lowest BCUT2D eigenvalue weighted by Crippen LogP contribution is -2.18. The van der Waals surface area contributed by atoms with E-state index in [1.54, 1.807) is 0 Å². The fourth-order valence-corrected chi connectivity index (χ4v) is 4.65. The van der Waals surface area contributed by atoms with E-state index < -0.39 is 9.84 Å². The van der Waals surface area contributed by atoms with Crippen molar-refractivity contribution in [1.82, 2.24) is 0 Å². The Bertz CT molecular complexity index is 562. The molecule has 96 valence electrons. The van der Waals surface area contributed by atoms with Gasteiger partial charge in [-0.15, -0.1) is 0 Å². The standard InChI is InChI=1S/C14H16O3S/c15-14(11-6-7-18(16,17)9-11)13-8-12(13)10-4-2-1-3-5-10/h1-5,11-13H,6-9H2. The number of rotatable bonds is 3. The predicted octanol–water partition coefficient (Wildman–Crippen LogP) is 1.79. The smallest absolute Gasteiger partial charge is 0.151 e. The first kappa shape index (κ1) is 11.9. The molecule has 0 amide bonds. The molecule has 1 aromatic carbocycles. The van der Waals surface area contributed by atoms with Gasteiger partial charge in [0.25, 0.3) is 0 Å². The lowest BCUT2D eigenvalue weighted by Gasteiger charge is -2.06. The number of hydrogen-bond donors (Lipinski definition) is 0. The van der Waals surface area contributed by atoms with Gasteiger partial charge in [0.2, 0.25) is 0 Å². The number of Topliss-reactive ketones (excluding diaryl/α,β-unsaturated/α-hetero) is 1. The summed E-state index contributed by atoms with van der Waals surface area (Å²) in [6.45, 7) is 0. The van der Waals surface area contributed by atoms with Crippen LogP contribution < -0.4 is 0 Å². The van der Waals surface area contributed by atoms with Gasteiger partial charge in [-0.05, 0) is 24.3 Å². The first-order chi connectivity index (χ1) is 8.57. The van der Waals surface area contributed by atoms with Gasteiger partial charge in [0.15, 0.2) is 9.84 Å². The third kappa shape index (κ3) is 2.21. The van der Waals surface area contributed by atoms with Gasteiger partial charge < -0.3 is 0 Å². The molecule has 1 heterocycles. The maximum absolute atomic E-state index is 12.2. The van der Waals surface area contributed by atoms with Crippen molar-refractivity contribution >= 4 is 15.6 Å². The number of sulfone groups is 1. The van der Waals surface area contributed by atoms with Crippen LogP contribution in [0.2, 0.25) is 0 Å². The molecule has 2 aliphatic rings. The molecule has 18 heavy (non-hydrogen) atoms. The molecule has 0 radical (unpaired) electrons. The van der Waals surface area contributed by atoms with Gasteiger partial charge >= 0.3 is 0 Å². The Labute approximate surface area is 107 Å². The number of carbonyl (C=O) groups excluding carboxylic acids is 1. The average Bonchev–Trinajstić information content (AvgIpc) is 3.08. The van der Waals surface area contributed by atoms with E-state index in [0.29, 0.717) is 12.3 Å². The van der Waals surface area contributed by atoms with Gasteiger partial charge in [0.05, 0.1) is 11.5 Å². The summed E-state index contributed by atoms with van der Waals surface area (Å²) < 4.78 is 22.8. The predicted molar refractivity (Wildman–Crippen MR) is 69.1 cm³/mol. The van der Waals surface area contributed by atoms with Gasteiger partial charge in [0, 0.05) is 11.8 Å². The highest BCUT2D eigenvalue weighted by Crippen LogP contribution is 2.49. The molecule has 0 aromatic heterocycles. The van der Waals surface area contributed by atoms with Gasteiger partial charge in [-0.1, -0.05) is 30.3 Å². The van der Waals surface area contributed by atoms with E-state index in [-0.39, 0.29) is 29.1 Å². The van der Waals surface area contributed by atoms with Gasteiger partial charge in [0.1, 0.15) is 5.78 Å². The average molecular weight is 264 g/mol. The number of hydrogen-bond acceptors (Lipinski definition) is 3. The van der Waals surface area contributed by atoms with Crippen LogP contribution in [0.15, 0.2) is 30.3 Å². The summed E-state index contributed by atoms with van der Waals surface area (Å²) in [4.78, 5) is 12.2. The van der Waals surface area contributed by atoms with Crippen LogP contribution in [0, 0.1) is 11.8 Å². The largest absolute Gasteiger partial charge is 0.299 e. The maximum Gasteiger partial charge on any atom is 0.151 e. The van der Waals surface area contributed by atoms with Crippen molar-refractivity contribution in [3.05, 3.63) is 35.9 Å². The van der Waals surface area contributed by atoms with Crippen molar-refractivity contribution in [1.29, 1.82) is 0 Å². The molecule has 3 atom stereocenters. The van der Waals surface area contributed by atoms with Crippen molar-refractivity contribution < 1.29 is 13.2 Å². The van der Waals surface area contributed by atoms with Crippen LogP contribution in [0.25, 0.3) is 0 Å². The van der Waals surface area contributed by atoms with Crippen molar-refractivity contribution in [3.8, 4) is 0 Å². The molecular formula is C14H16O3S. The third-order valence-corrected chi connectivity index (χ3v) is 5.79. The summed E-state index contributed by atoms with van der Waals surface area (Å²) in [6.07, 6.45) is 1.42. The third-order valence-electron chi connectivity index (χ3n) is 4.02. The lowest BCUT2D eigenvalue weighted by molar-refractivity contribution is -0.123. The van der Waals surface area contributed by atoms with E-state index in [0.717, 1.165) is 6.42 Å². The quantitative estimate of drug-likeness (QED) is 0.836. The molecule has 1 aliphatic heterocycles. The molecule has 0 bridgehead atoms. The van der Waals surface area contributed by atoms with Crippen molar-refractivity contribution in [2.75, 3.05) is 11.5 Å². The molecule has 4 heteroatoms. The van der Waals surface area contributed by atoms with E-state index in [9.17, 15) is 13.2 Å². The van der Waals surface area contributed by atoms with E-state index in [1.165, 1.54) is 5.56 Å². The summed E-state index contributed by atoms with van der Waals surface area (Å²) in [5.41, 5.74) is 1.21. The zero-order valence-corrected chi connectivity index (χ0v) is 10.9. The molecule has 0 N–H and O–H groups in total. The van der Waals surface area contributed by atoms with Crippen LogP contribution in [-0.2, 0) is 14.6 Å². The lowest BCUT2D eigenvalue weighted by atomic mass is 9.97. The van der Waals surface area contributed by atoms with Crippen LogP contribution >= 0.6 is 0 Å². The fraction of sp³-hybridized carbons (Fsp3) is 0.500. The number of ketones is 1. The van der Waals surface area contributed by atoms with Crippen LogP contribution in [-0.4, -0.2) is 25.7 Å². The Morgan fingerprint density at radius 2 is 1.89 bits per heavy atom. The van der Waals surface area contributed by atoms with E-state index in [2.05, 4.69) is 0 Å².